The van der Waals surface area contributed by atoms with Gasteiger partial charge >= 0.3 is 0 Å². The molecule has 2 aromatic heterocycles. The monoisotopic (exact) mass is 440 g/mol. The predicted octanol–water partition coefficient (Wildman–Crippen LogP) is 2.17. The molecule has 1 aliphatic heterocycles. The Morgan fingerprint density at radius 2 is 1.84 bits per heavy atom. The van der Waals surface area contributed by atoms with Crippen LogP contribution in [0.5, 0.6) is 0 Å². The van der Waals surface area contributed by atoms with E-state index >= 15 is 0 Å². The summed E-state index contributed by atoms with van der Waals surface area (Å²) in [6.45, 7) is 8.38. The van der Waals surface area contributed by atoms with Crippen LogP contribution in [0.3, 0.4) is 0 Å². The number of morpholine rings is 1. The van der Waals surface area contributed by atoms with Gasteiger partial charge in [0.25, 0.3) is 11.8 Å². The van der Waals surface area contributed by atoms with Crippen LogP contribution in [0, 0.1) is 20.8 Å². The fourth-order valence-electron chi connectivity index (χ4n) is 3.37. The van der Waals surface area contributed by atoms with Gasteiger partial charge in [-0.2, -0.15) is 5.10 Å². The molecule has 0 aliphatic carbocycles. The van der Waals surface area contributed by atoms with Crippen molar-refractivity contribution in [1.82, 2.24) is 25.6 Å². The molecule has 2 N–H and O–H groups in total. The molecule has 9 nitrogen and oxygen atoms in total. The number of thiazole rings is 1. The number of hydrogen-bond donors (Lipinski definition) is 2. The summed E-state index contributed by atoms with van der Waals surface area (Å²) in [4.78, 5) is 32.3. The number of hydrogen-bond acceptors (Lipinski definition) is 7. The third-order valence-electron chi connectivity index (χ3n) is 5.06. The first-order chi connectivity index (χ1) is 14.9. The molecule has 31 heavy (non-hydrogen) atoms. The van der Waals surface area contributed by atoms with Crippen molar-refractivity contribution in [3.63, 3.8) is 0 Å². The van der Waals surface area contributed by atoms with Crippen LogP contribution in [0.15, 0.2) is 30.5 Å². The lowest BCUT2D eigenvalue weighted by atomic mass is 10.2. The van der Waals surface area contributed by atoms with E-state index in [9.17, 15) is 9.59 Å². The zero-order chi connectivity index (χ0) is 22.0. The third kappa shape index (κ3) is 4.44. The lowest BCUT2D eigenvalue weighted by Crippen LogP contribution is -2.41. The summed E-state index contributed by atoms with van der Waals surface area (Å²) >= 11 is 1.31. The number of rotatable bonds is 4. The second-order valence-corrected chi connectivity index (χ2v) is 8.29. The SMILES string of the molecule is Cc1cccc(-n2ncc(C(=O)NNC(=O)c3sc(N4CCOCC4)nc3C)c2C)c1. The molecule has 3 aromatic rings. The van der Waals surface area contributed by atoms with Gasteiger partial charge in [0.1, 0.15) is 4.88 Å². The summed E-state index contributed by atoms with van der Waals surface area (Å²) in [7, 11) is 0. The Morgan fingerprint density at radius 3 is 2.58 bits per heavy atom. The molecular weight excluding hydrogens is 416 g/mol. The highest BCUT2D eigenvalue weighted by Crippen LogP contribution is 2.26. The molecule has 0 spiro atoms. The summed E-state index contributed by atoms with van der Waals surface area (Å²) < 4.78 is 7.06. The van der Waals surface area contributed by atoms with Crippen LogP contribution in [0.2, 0.25) is 0 Å². The first-order valence-corrected chi connectivity index (χ1v) is 10.8. The van der Waals surface area contributed by atoms with Gasteiger partial charge in [-0.25, -0.2) is 9.67 Å². The number of carbonyl (C=O) groups is 2. The highest BCUT2D eigenvalue weighted by atomic mass is 32.1. The molecule has 10 heteroatoms. The quantitative estimate of drug-likeness (QED) is 0.603. The van der Waals surface area contributed by atoms with Gasteiger partial charge in [0.05, 0.1) is 42.0 Å². The van der Waals surface area contributed by atoms with Crippen molar-refractivity contribution in [1.29, 1.82) is 0 Å². The predicted molar refractivity (Wildman–Crippen MR) is 118 cm³/mol. The molecule has 162 valence electrons. The first kappa shape index (κ1) is 21.0. The number of carbonyl (C=O) groups excluding carboxylic acids is 2. The number of nitrogens with zero attached hydrogens (tertiary/aromatic N) is 4. The highest BCUT2D eigenvalue weighted by Gasteiger charge is 2.22. The summed E-state index contributed by atoms with van der Waals surface area (Å²) in [5, 5.41) is 5.11. The average Bonchev–Trinajstić information content (AvgIpc) is 3.35. The molecule has 0 saturated carbocycles. The molecule has 4 rings (SSSR count). The Kier molecular flexibility index (Phi) is 6.01. The number of nitrogens with one attached hydrogen (secondary N) is 2. The van der Waals surface area contributed by atoms with Gasteiger partial charge in [-0.1, -0.05) is 23.5 Å². The normalized spacial score (nSPS) is 13.8. The average molecular weight is 441 g/mol. The Labute approximate surface area is 184 Å². The molecule has 0 unspecified atom stereocenters. The Hall–Kier alpha value is -3.24. The molecule has 0 bridgehead atoms. The van der Waals surface area contributed by atoms with Crippen molar-refractivity contribution < 1.29 is 14.3 Å². The van der Waals surface area contributed by atoms with Crippen LogP contribution in [-0.2, 0) is 4.74 Å². The van der Waals surface area contributed by atoms with E-state index in [0.717, 1.165) is 29.5 Å². The second-order valence-electron chi connectivity index (χ2n) is 7.31. The molecule has 1 saturated heterocycles. The molecule has 1 aromatic carbocycles. The van der Waals surface area contributed by atoms with Crippen molar-refractivity contribution in [3.05, 3.63) is 57.9 Å². The van der Waals surface area contributed by atoms with Crippen molar-refractivity contribution in [2.24, 2.45) is 0 Å². The van der Waals surface area contributed by atoms with Gasteiger partial charge in [-0.15, -0.1) is 0 Å². The molecular formula is C21H24N6O3S. The number of anilines is 1. The summed E-state index contributed by atoms with van der Waals surface area (Å²) in [6.07, 6.45) is 1.49. The highest BCUT2D eigenvalue weighted by molar-refractivity contribution is 7.17. The number of benzene rings is 1. The standard InChI is InChI=1S/C21H24N6O3S/c1-13-5-4-6-16(11-13)27-15(3)17(12-22-27)19(28)24-25-20(29)18-14(2)23-21(31-18)26-7-9-30-10-8-26/h4-6,11-12H,7-10H2,1-3H3,(H,24,28)(H,25,29). The van der Waals surface area contributed by atoms with Crippen molar-refractivity contribution in [2.45, 2.75) is 20.8 Å². The first-order valence-electron chi connectivity index (χ1n) is 9.96. The maximum Gasteiger partial charge on any atom is 0.281 e. The van der Waals surface area contributed by atoms with E-state index in [1.165, 1.54) is 17.5 Å². The number of hydrazine groups is 1. The maximum absolute atomic E-state index is 12.6. The number of aromatic nitrogens is 3. The fraction of sp³-hybridized carbons (Fsp3) is 0.333. The molecule has 0 atom stereocenters. The minimum Gasteiger partial charge on any atom is -0.378 e. The lowest BCUT2D eigenvalue weighted by molar-refractivity contribution is 0.0848. The van der Waals surface area contributed by atoms with E-state index in [1.54, 1.807) is 11.6 Å². The topological polar surface area (TPSA) is 101 Å². The van der Waals surface area contributed by atoms with E-state index in [2.05, 4.69) is 25.8 Å². The van der Waals surface area contributed by atoms with Crippen molar-refractivity contribution in [3.8, 4) is 5.69 Å². The van der Waals surface area contributed by atoms with Gasteiger partial charge in [0.2, 0.25) is 0 Å². The van der Waals surface area contributed by atoms with Crippen LogP contribution in [0.25, 0.3) is 5.69 Å². The molecule has 0 radical (unpaired) electrons. The summed E-state index contributed by atoms with van der Waals surface area (Å²) in [6, 6.07) is 7.85. The van der Waals surface area contributed by atoms with Crippen LogP contribution < -0.4 is 15.8 Å². The van der Waals surface area contributed by atoms with E-state index in [1.807, 2.05) is 38.1 Å². The third-order valence-corrected chi connectivity index (χ3v) is 6.28. The number of ether oxygens (including phenoxy) is 1. The van der Waals surface area contributed by atoms with Crippen LogP contribution >= 0.6 is 11.3 Å². The van der Waals surface area contributed by atoms with Gasteiger partial charge in [-0.3, -0.25) is 20.4 Å². The van der Waals surface area contributed by atoms with Gasteiger partial charge < -0.3 is 9.64 Å². The summed E-state index contributed by atoms with van der Waals surface area (Å²) in [5.74, 6) is -0.827. The van der Waals surface area contributed by atoms with E-state index in [-0.39, 0.29) is 0 Å². The lowest BCUT2D eigenvalue weighted by Gasteiger charge is -2.25. The summed E-state index contributed by atoms with van der Waals surface area (Å²) in [5.41, 5.74) is 8.64. The van der Waals surface area contributed by atoms with Crippen LogP contribution in [0.1, 0.15) is 37.0 Å². The largest absolute Gasteiger partial charge is 0.378 e. The zero-order valence-electron chi connectivity index (χ0n) is 17.6. The maximum atomic E-state index is 12.6. The van der Waals surface area contributed by atoms with Crippen molar-refractivity contribution in [2.75, 3.05) is 31.2 Å². The molecule has 2 amide bonds. The van der Waals surface area contributed by atoms with Crippen molar-refractivity contribution >= 4 is 28.3 Å². The van der Waals surface area contributed by atoms with Gasteiger partial charge in [-0.05, 0) is 38.5 Å². The minimum atomic E-state index is -0.430. The van der Waals surface area contributed by atoms with E-state index in [0.29, 0.717) is 35.0 Å². The number of aryl methyl sites for hydroxylation is 2. The second kappa shape index (κ2) is 8.86. The van der Waals surface area contributed by atoms with Crippen LogP contribution in [0.4, 0.5) is 5.13 Å². The van der Waals surface area contributed by atoms with Gasteiger partial charge in [0, 0.05) is 13.1 Å². The Balaban J connectivity index is 1.42. The molecule has 1 fully saturated rings. The Morgan fingerprint density at radius 1 is 1.10 bits per heavy atom. The fourth-order valence-corrected chi connectivity index (χ4v) is 4.39. The molecule has 3 heterocycles. The smallest absolute Gasteiger partial charge is 0.281 e. The van der Waals surface area contributed by atoms with E-state index in [4.69, 9.17) is 4.74 Å². The van der Waals surface area contributed by atoms with E-state index < -0.39 is 11.8 Å². The van der Waals surface area contributed by atoms with Gasteiger partial charge in [0.15, 0.2) is 5.13 Å². The minimum absolute atomic E-state index is 0.386. The zero-order valence-corrected chi connectivity index (χ0v) is 18.5. The Bertz CT molecular complexity index is 1120. The number of amides is 2. The van der Waals surface area contributed by atoms with Crippen LogP contribution in [-0.4, -0.2) is 52.9 Å². The molecule has 1 aliphatic rings.